The van der Waals surface area contributed by atoms with E-state index in [0.29, 0.717) is 47.9 Å². The fourth-order valence-electron chi connectivity index (χ4n) is 10.3. The average molecular weight is 616 g/mol. The number of hydrogen-bond acceptors (Lipinski definition) is 5. The number of nitrogens with zero attached hydrogens (tertiary/aromatic N) is 1. The van der Waals surface area contributed by atoms with Gasteiger partial charge in [-0.15, -0.1) is 0 Å². The van der Waals surface area contributed by atoms with Crippen molar-refractivity contribution < 1.29 is 19.0 Å². The zero-order valence-corrected chi connectivity index (χ0v) is 26.5. The van der Waals surface area contributed by atoms with E-state index in [-0.39, 0.29) is 28.7 Å². The quantitative estimate of drug-likeness (QED) is 0.276. The smallest absolute Gasteiger partial charge is 0.272 e. The molecule has 0 saturated heterocycles. The lowest BCUT2D eigenvalue weighted by atomic mass is 9.45. The first-order valence-electron chi connectivity index (χ1n) is 17.0. The summed E-state index contributed by atoms with van der Waals surface area (Å²) >= 11 is 0. The fourth-order valence-corrected chi connectivity index (χ4v) is 10.3. The van der Waals surface area contributed by atoms with Crippen molar-refractivity contribution in [1.82, 2.24) is 15.5 Å². The van der Waals surface area contributed by atoms with Crippen molar-refractivity contribution >= 4 is 16.7 Å². The Balaban J connectivity index is 0.953. The first-order valence-corrected chi connectivity index (χ1v) is 17.0. The van der Waals surface area contributed by atoms with Crippen molar-refractivity contribution in [2.45, 2.75) is 90.3 Å². The van der Waals surface area contributed by atoms with Crippen molar-refractivity contribution in [2.75, 3.05) is 13.2 Å². The molecular formula is C37H46FN3O4. The average Bonchev–Trinajstić information content (AvgIpc) is 3.38. The number of halogens is 1. The van der Waals surface area contributed by atoms with Gasteiger partial charge in [0.05, 0.1) is 35.5 Å². The Hall–Kier alpha value is -3.10. The van der Waals surface area contributed by atoms with Crippen molar-refractivity contribution in [1.29, 1.82) is 0 Å². The maximum atomic E-state index is 14.8. The predicted molar refractivity (Wildman–Crippen MR) is 171 cm³/mol. The maximum absolute atomic E-state index is 14.8. The number of aromatic nitrogens is 2. The van der Waals surface area contributed by atoms with Crippen LogP contribution in [0.3, 0.4) is 0 Å². The Morgan fingerprint density at radius 1 is 1.02 bits per heavy atom. The number of aliphatic hydroxyl groups is 1. The summed E-state index contributed by atoms with van der Waals surface area (Å²) in [5, 5.41) is 21.2. The molecule has 0 spiro atoms. The highest BCUT2D eigenvalue weighted by Gasteiger charge is 2.60. The normalized spacial score (nSPS) is 34.1. The third-order valence-corrected chi connectivity index (χ3v) is 12.7. The van der Waals surface area contributed by atoms with Gasteiger partial charge < -0.3 is 15.2 Å². The number of amides is 1. The SMILES string of the molecule is C[C@]12CCC(O)C[C@@H]1CC[C@@H]1[C@@H]2CC[C@]2(C)[C@@H](OCCNC(=O)c3cc(Cc4n[nH]c(=O)c5ccccc45)ccc3F)CC[C@@H]12. The number of benzene rings is 2. The van der Waals surface area contributed by atoms with Gasteiger partial charge in [-0.1, -0.05) is 38.1 Å². The van der Waals surface area contributed by atoms with Crippen LogP contribution in [-0.2, 0) is 11.2 Å². The fraction of sp³-hybridized carbons (Fsp3) is 0.595. The lowest BCUT2D eigenvalue weighted by Gasteiger charge is -2.60. The first kappa shape index (κ1) is 30.5. The van der Waals surface area contributed by atoms with Gasteiger partial charge >= 0.3 is 0 Å². The van der Waals surface area contributed by atoms with Gasteiger partial charge in [-0.3, -0.25) is 9.59 Å². The number of carbonyl (C=O) groups is 1. The summed E-state index contributed by atoms with van der Waals surface area (Å²) in [4.78, 5) is 25.2. The molecule has 0 bridgehead atoms. The monoisotopic (exact) mass is 615 g/mol. The van der Waals surface area contributed by atoms with Crippen LogP contribution in [0, 0.1) is 40.3 Å². The number of aliphatic hydroxyl groups excluding tert-OH is 1. The van der Waals surface area contributed by atoms with Gasteiger partial charge in [-0.25, -0.2) is 9.49 Å². The Morgan fingerprint density at radius 2 is 1.80 bits per heavy atom. The number of nitrogens with one attached hydrogen (secondary N) is 2. The highest BCUT2D eigenvalue weighted by atomic mass is 19.1. The molecule has 0 radical (unpaired) electrons. The topological polar surface area (TPSA) is 104 Å². The lowest BCUT2D eigenvalue weighted by molar-refractivity contribution is -0.140. The molecule has 4 aliphatic carbocycles. The summed E-state index contributed by atoms with van der Waals surface area (Å²) in [7, 11) is 0. The standard InChI is InChI=1S/C37H46FN3O4/c1-36-15-13-24(42)21-23(36)8-9-27-29-10-12-33(37(29,2)16-14-30(27)36)45-18-17-39-34(43)28-19-22(7-11-31(28)38)20-32-25-5-3-4-6-26(25)35(44)41-40-32/h3-7,11,19,23-24,27,29-30,33,42H,8-10,12-18,20-21H2,1-2H3,(H,39,43)(H,41,44)/t23-,24?,27-,29-,30-,33-,36-,37-/m0/s1. The largest absolute Gasteiger partial charge is 0.393 e. The van der Waals surface area contributed by atoms with E-state index in [1.165, 1.54) is 38.2 Å². The second-order valence-corrected chi connectivity index (χ2v) is 14.9. The summed E-state index contributed by atoms with van der Waals surface area (Å²) < 4.78 is 21.3. The summed E-state index contributed by atoms with van der Waals surface area (Å²) in [5.41, 5.74) is 1.65. The summed E-state index contributed by atoms with van der Waals surface area (Å²) in [6.07, 6.45) is 10.7. The van der Waals surface area contributed by atoms with Gasteiger partial charge in [-0.2, -0.15) is 5.10 Å². The molecule has 4 fully saturated rings. The molecule has 3 aromatic rings. The van der Waals surface area contributed by atoms with E-state index in [9.17, 15) is 19.1 Å². The van der Waals surface area contributed by atoms with Crippen LogP contribution >= 0.6 is 0 Å². The number of carbonyl (C=O) groups excluding carboxylic acids is 1. The second-order valence-electron chi connectivity index (χ2n) is 14.9. The van der Waals surface area contributed by atoms with Crippen LogP contribution in [0.15, 0.2) is 47.3 Å². The number of H-pyrrole nitrogens is 1. The highest BCUT2D eigenvalue weighted by Crippen LogP contribution is 2.66. The van der Waals surface area contributed by atoms with E-state index in [1.54, 1.807) is 24.3 Å². The van der Waals surface area contributed by atoms with E-state index < -0.39 is 11.7 Å². The molecule has 4 saturated carbocycles. The van der Waals surface area contributed by atoms with Crippen LogP contribution in [0.1, 0.15) is 93.3 Å². The molecule has 1 amide bonds. The molecule has 8 heteroatoms. The van der Waals surface area contributed by atoms with Crippen molar-refractivity contribution in [3.8, 4) is 0 Å². The van der Waals surface area contributed by atoms with Gasteiger partial charge in [0.25, 0.3) is 11.5 Å². The van der Waals surface area contributed by atoms with Gasteiger partial charge in [0, 0.05) is 18.4 Å². The number of hydrogen-bond donors (Lipinski definition) is 3. The minimum atomic E-state index is -0.574. The maximum Gasteiger partial charge on any atom is 0.272 e. The van der Waals surface area contributed by atoms with E-state index in [2.05, 4.69) is 29.4 Å². The predicted octanol–water partition coefficient (Wildman–Crippen LogP) is 6.17. The second kappa shape index (κ2) is 11.9. The van der Waals surface area contributed by atoms with Crippen LogP contribution in [0.4, 0.5) is 4.39 Å². The zero-order chi connectivity index (χ0) is 31.3. The summed E-state index contributed by atoms with van der Waals surface area (Å²) in [6.45, 7) is 5.68. The molecule has 7 nitrogen and oxygen atoms in total. The Morgan fingerprint density at radius 3 is 2.64 bits per heavy atom. The van der Waals surface area contributed by atoms with E-state index in [1.807, 2.05) is 12.1 Å². The molecule has 8 atom stereocenters. The van der Waals surface area contributed by atoms with Gasteiger partial charge in [0.1, 0.15) is 5.82 Å². The first-order chi connectivity index (χ1) is 21.7. The Labute approximate surface area is 264 Å². The number of rotatable bonds is 7. The molecule has 1 aromatic heterocycles. The highest BCUT2D eigenvalue weighted by molar-refractivity contribution is 5.94. The van der Waals surface area contributed by atoms with Crippen molar-refractivity contribution in [3.05, 3.63) is 75.5 Å². The van der Waals surface area contributed by atoms with Crippen LogP contribution in [0.25, 0.3) is 10.8 Å². The lowest BCUT2D eigenvalue weighted by Crippen LogP contribution is -2.54. The van der Waals surface area contributed by atoms with Crippen molar-refractivity contribution in [3.63, 3.8) is 0 Å². The van der Waals surface area contributed by atoms with E-state index in [4.69, 9.17) is 4.74 Å². The minimum Gasteiger partial charge on any atom is -0.393 e. The van der Waals surface area contributed by atoms with E-state index >= 15 is 0 Å². The molecule has 3 N–H and O–H groups in total. The van der Waals surface area contributed by atoms with Gasteiger partial charge in [-0.05, 0) is 116 Å². The van der Waals surface area contributed by atoms with Crippen LogP contribution in [0.2, 0.25) is 0 Å². The minimum absolute atomic E-state index is 0.00762. The molecule has 240 valence electrons. The van der Waals surface area contributed by atoms with Gasteiger partial charge in [0.15, 0.2) is 0 Å². The third-order valence-electron chi connectivity index (χ3n) is 12.7. The van der Waals surface area contributed by atoms with Crippen LogP contribution in [0.5, 0.6) is 0 Å². The molecule has 1 heterocycles. The molecular weight excluding hydrogens is 569 g/mol. The molecule has 7 rings (SSSR count). The number of fused-ring (bicyclic) bond motifs is 6. The summed E-state index contributed by atoms with van der Waals surface area (Å²) in [6, 6.07) is 11.8. The molecule has 4 aliphatic rings. The Kier molecular flexibility index (Phi) is 8.09. The molecule has 0 aliphatic heterocycles. The van der Waals surface area contributed by atoms with Crippen LogP contribution in [-0.4, -0.2) is 46.6 Å². The zero-order valence-electron chi connectivity index (χ0n) is 26.5. The Bertz CT molecular complexity index is 1640. The molecule has 1 unspecified atom stereocenters. The number of aromatic amines is 1. The third kappa shape index (κ3) is 5.42. The summed E-state index contributed by atoms with van der Waals surface area (Å²) in [5.74, 6) is 1.80. The van der Waals surface area contributed by atoms with Gasteiger partial charge in [0.2, 0.25) is 0 Å². The molecule has 45 heavy (non-hydrogen) atoms. The number of ether oxygens (including phenoxy) is 1. The van der Waals surface area contributed by atoms with Crippen LogP contribution < -0.4 is 10.9 Å². The van der Waals surface area contributed by atoms with E-state index in [0.717, 1.165) is 48.5 Å². The van der Waals surface area contributed by atoms with Crippen molar-refractivity contribution in [2.24, 2.45) is 34.5 Å². The molecule has 2 aromatic carbocycles.